The Labute approximate surface area is 103 Å². The number of hydrogen-bond donors (Lipinski definition) is 1. The van der Waals surface area contributed by atoms with Crippen LogP contribution in [0.15, 0.2) is 18.5 Å². The smallest absolute Gasteiger partial charge is 0.0717 e. The van der Waals surface area contributed by atoms with Crippen molar-refractivity contribution in [1.29, 1.82) is 0 Å². The highest BCUT2D eigenvalue weighted by Gasteiger charge is 2.22. The lowest BCUT2D eigenvalue weighted by molar-refractivity contribution is 0.256. The van der Waals surface area contributed by atoms with Gasteiger partial charge in [0.2, 0.25) is 0 Å². The van der Waals surface area contributed by atoms with E-state index in [9.17, 15) is 5.11 Å². The first-order chi connectivity index (χ1) is 8.22. The van der Waals surface area contributed by atoms with Crippen LogP contribution < -0.4 is 4.90 Å². The minimum Gasteiger partial charge on any atom is -0.392 e. The molecule has 4 heteroatoms. The number of nitrogens with zero attached hydrogens (tertiary/aromatic N) is 3. The largest absolute Gasteiger partial charge is 0.392 e. The molecule has 1 unspecified atom stereocenters. The van der Waals surface area contributed by atoms with Gasteiger partial charge in [-0.15, -0.1) is 0 Å². The van der Waals surface area contributed by atoms with Gasteiger partial charge in [0.1, 0.15) is 0 Å². The van der Waals surface area contributed by atoms with Gasteiger partial charge in [-0.2, -0.15) is 0 Å². The van der Waals surface area contributed by atoms with E-state index in [4.69, 9.17) is 0 Å². The summed E-state index contributed by atoms with van der Waals surface area (Å²) in [6.07, 6.45) is 6.02. The zero-order valence-corrected chi connectivity index (χ0v) is 10.6. The molecule has 94 valence electrons. The monoisotopic (exact) mass is 235 g/mol. The summed E-state index contributed by atoms with van der Waals surface area (Å²) in [7, 11) is 4.27. The molecule has 2 rings (SSSR count). The number of aromatic nitrogens is 1. The van der Waals surface area contributed by atoms with E-state index >= 15 is 0 Å². The second-order valence-corrected chi connectivity index (χ2v) is 4.87. The standard InChI is InChI=1S/C13H21N3O/c1-15(2)12-4-3-7-16(9-12)13-5-6-14-8-11(13)10-17/h5-6,8,12,17H,3-4,7,9-10H2,1-2H3. The molecule has 4 nitrogen and oxygen atoms in total. The van der Waals surface area contributed by atoms with Crippen LogP contribution in [0.2, 0.25) is 0 Å². The summed E-state index contributed by atoms with van der Waals surface area (Å²) < 4.78 is 0. The van der Waals surface area contributed by atoms with Gasteiger partial charge in [0, 0.05) is 42.8 Å². The van der Waals surface area contributed by atoms with Crippen molar-refractivity contribution in [3.8, 4) is 0 Å². The fourth-order valence-corrected chi connectivity index (χ4v) is 2.45. The van der Waals surface area contributed by atoms with Crippen molar-refractivity contribution in [2.75, 3.05) is 32.1 Å². The van der Waals surface area contributed by atoms with Crippen LogP contribution in [-0.2, 0) is 6.61 Å². The zero-order valence-electron chi connectivity index (χ0n) is 10.6. The Kier molecular flexibility index (Phi) is 3.97. The maximum atomic E-state index is 9.35. The number of aliphatic hydroxyl groups excluding tert-OH is 1. The molecule has 0 bridgehead atoms. The molecule has 1 fully saturated rings. The van der Waals surface area contributed by atoms with Crippen LogP contribution in [0, 0.1) is 0 Å². The highest BCUT2D eigenvalue weighted by molar-refractivity contribution is 5.52. The van der Waals surface area contributed by atoms with Crippen molar-refractivity contribution in [2.24, 2.45) is 0 Å². The molecule has 1 aliphatic heterocycles. The minimum atomic E-state index is 0.0618. The van der Waals surface area contributed by atoms with Gasteiger partial charge >= 0.3 is 0 Å². The van der Waals surface area contributed by atoms with Gasteiger partial charge in [0.25, 0.3) is 0 Å². The summed E-state index contributed by atoms with van der Waals surface area (Å²) in [5, 5.41) is 9.35. The zero-order chi connectivity index (χ0) is 12.3. The molecule has 2 heterocycles. The summed E-state index contributed by atoms with van der Waals surface area (Å²) in [5.41, 5.74) is 2.06. The third-order valence-corrected chi connectivity index (χ3v) is 3.52. The van der Waals surface area contributed by atoms with Gasteiger partial charge in [0.05, 0.1) is 6.61 Å². The molecule has 0 amide bonds. The Morgan fingerprint density at radius 2 is 2.35 bits per heavy atom. The summed E-state index contributed by atoms with van der Waals surface area (Å²) in [6.45, 7) is 2.16. The predicted molar refractivity (Wildman–Crippen MR) is 69.1 cm³/mol. The van der Waals surface area contributed by atoms with Crippen LogP contribution in [-0.4, -0.2) is 48.2 Å². The van der Waals surface area contributed by atoms with Gasteiger partial charge in [-0.25, -0.2) is 0 Å². The summed E-state index contributed by atoms with van der Waals surface area (Å²) >= 11 is 0. The average Bonchev–Trinajstić information content (AvgIpc) is 2.39. The predicted octanol–water partition coefficient (Wildman–Crippen LogP) is 1.10. The van der Waals surface area contributed by atoms with E-state index in [0.29, 0.717) is 6.04 Å². The molecular weight excluding hydrogens is 214 g/mol. The van der Waals surface area contributed by atoms with E-state index in [2.05, 4.69) is 28.9 Å². The van der Waals surface area contributed by atoms with Gasteiger partial charge < -0.3 is 14.9 Å². The van der Waals surface area contributed by atoms with E-state index in [0.717, 1.165) is 24.3 Å². The maximum absolute atomic E-state index is 9.35. The fourth-order valence-electron chi connectivity index (χ4n) is 2.45. The van der Waals surface area contributed by atoms with Gasteiger partial charge in [-0.3, -0.25) is 4.98 Å². The molecule has 0 spiro atoms. The van der Waals surface area contributed by atoms with Crippen molar-refractivity contribution < 1.29 is 5.11 Å². The molecule has 1 N–H and O–H groups in total. The average molecular weight is 235 g/mol. The van der Waals surface area contributed by atoms with Crippen molar-refractivity contribution in [3.63, 3.8) is 0 Å². The van der Waals surface area contributed by atoms with E-state index in [-0.39, 0.29) is 6.61 Å². The lowest BCUT2D eigenvalue weighted by Gasteiger charge is -2.38. The van der Waals surface area contributed by atoms with E-state index in [1.54, 1.807) is 12.4 Å². The molecule has 17 heavy (non-hydrogen) atoms. The van der Waals surface area contributed by atoms with Crippen molar-refractivity contribution in [2.45, 2.75) is 25.5 Å². The second kappa shape index (κ2) is 5.47. The first kappa shape index (κ1) is 12.3. The van der Waals surface area contributed by atoms with Gasteiger partial charge in [-0.1, -0.05) is 0 Å². The number of likely N-dealkylation sites (N-methyl/N-ethyl adjacent to an activating group) is 1. The Bertz CT molecular complexity index is 367. The lowest BCUT2D eigenvalue weighted by Crippen LogP contribution is -2.45. The van der Waals surface area contributed by atoms with E-state index in [1.807, 2.05) is 6.07 Å². The fraction of sp³-hybridized carbons (Fsp3) is 0.615. The highest BCUT2D eigenvalue weighted by Crippen LogP contribution is 2.24. The van der Waals surface area contributed by atoms with E-state index < -0.39 is 0 Å². The Morgan fingerprint density at radius 3 is 3.06 bits per heavy atom. The third-order valence-electron chi connectivity index (χ3n) is 3.52. The molecule has 1 aliphatic rings. The van der Waals surface area contributed by atoms with Crippen LogP contribution in [0.4, 0.5) is 5.69 Å². The molecule has 1 aromatic heterocycles. The Balaban J connectivity index is 2.16. The highest BCUT2D eigenvalue weighted by atomic mass is 16.3. The van der Waals surface area contributed by atoms with Crippen LogP contribution >= 0.6 is 0 Å². The number of hydrogen-bond acceptors (Lipinski definition) is 4. The van der Waals surface area contributed by atoms with Crippen LogP contribution in [0.5, 0.6) is 0 Å². The summed E-state index contributed by atoms with van der Waals surface area (Å²) in [4.78, 5) is 8.71. The normalized spacial score (nSPS) is 20.9. The number of piperidine rings is 1. The first-order valence-electron chi connectivity index (χ1n) is 6.17. The molecule has 0 radical (unpaired) electrons. The molecular formula is C13H21N3O. The second-order valence-electron chi connectivity index (χ2n) is 4.87. The van der Waals surface area contributed by atoms with E-state index in [1.165, 1.54) is 12.8 Å². The van der Waals surface area contributed by atoms with Crippen molar-refractivity contribution >= 4 is 5.69 Å². The van der Waals surface area contributed by atoms with Crippen molar-refractivity contribution in [1.82, 2.24) is 9.88 Å². The molecule has 0 aliphatic carbocycles. The topological polar surface area (TPSA) is 39.6 Å². The third kappa shape index (κ3) is 2.76. The van der Waals surface area contributed by atoms with Crippen LogP contribution in [0.3, 0.4) is 0 Å². The minimum absolute atomic E-state index is 0.0618. The Morgan fingerprint density at radius 1 is 1.53 bits per heavy atom. The van der Waals surface area contributed by atoms with Crippen LogP contribution in [0.25, 0.3) is 0 Å². The number of aliphatic hydroxyl groups is 1. The molecule has 1 atom stereocenters. The SMILES string of the molecule is CN(C)C1CCCN(c2ccncc2CO)C1. The summed E-state index contributed by atoms with van der Waals surface area (Å²) in [5.74, 6) is 0. The number of rotatable bonds is 3. The molecule has 1 aromatic rings. The number of anilines is 1. The van der Waals surface area contributed by atoms with Gasteiger partial charge in [0.15, 0.2) is 0 Å². The summed E-state index contributed by atoms with van der Waals surface area (Å²) in [6, 6.07) is 2.60. The van der Waals surface area contributed by atoms with Crippen molar-refractivity contribution in [3.05, 3.63) is 24.0 Å². The molecule has 0 aromatic carbocycles. The molecule has 0 saturated carbocycles. The number of pyridine rings is 1. The first-order valence-corrected chi connectivity index (χ1v) is 6.17. The van der Waals surface area contributed by atoms with Crippen LogP contribution in [0.1, 0.15) is 18.4 Å². The van der Waals surface area contributed by atoms with Gasteiger partial charge in [-0.05, 0) is 33.0 Å². The maximum Gasteiger partial charge on any atom is 0.0717 e. The lowest BCUT2D eigenvalue weighted by atomic mass is 10.0. The quantitative estimate of drug-likeness (QED) is 0.852. The molecule has 1 saturated heterocycles. The Hall–Kier alpha value is -1.13.